The summed E-state index contributed by atoms with van der Waals surface area (Å²) in [4.78, 5) is 26.2. The minimum atomic E-state index is -0.692. The topological polar surface area (TPSA) is 147 Å². The number of ketones is 2. The van der Waals surface area contributed by atoms with Gasteiger partial charge in [0.25, 0.3) is 0 Å². The van der Waals surface area contributed by atoms with E-state index in [-0.39, 0.29) is 50.7 Å². The van der Waals surface area contributed by atoms with Crippen molar-refractivity contribution < 1.29 is 24.9 Å². The molecule has 0 aliphatic heterocycles. The zero-order valence-electron chi connectivity index (χ0n) is 14.8. The third-order valence-electron chi connectivity index (χ3n) is 5.05. The fourth-order valence-corrected chi connectivity index (χ4v) is 3.65. The Bertz CT molecular complexity index is 1200. The van der Waals surface area contributed by atoms with Crippen molar-refractivity contribution in [1.29, 1.82) is 0 Å². The second kappa shape index (κ2) is 5.75. The van der Waals surface area contributed by atoms with E-state index in [1.54, 1.807) is 19.1 Å². The summed E-state index contributed by atoms with van der Waals surface area (Å²) in [5.41, 5.74) is 12.5. The Labute approximate surface area is 159 Å². The van der Waals surface area contributed by atoms with E-state index >= 15 is 0 Å². The SMILES string of the molecule is Cc1c(N)c2c(c(O)c1-c1ccc(O)cc1)C(=O)c1c(N)ccc(O)c1C2=O. The molecule has 4 rings (SSSR count). The summed E-state index contributed by atoms with van der Waals surface area (Å²) in [7, 11) is 0. The van der Waals surface area contributed by atoms with Crippen molar-refractivity contribution in [3.8, 4) is 28.4 Å². The number of fused-ring (bicyclic) bond motifs is 2. The van der Waals surface area contributed by atoms with E-state index in [0.29, 0.717) is 11.1 Å². The molecule has 28 heavy (non-hydrogen) atoms. The van der Waals surface area contributed by atoms with Gasteiger partial charge in [0, 0.05) is 16.9 Å². The van der Waals surface area contributed by atoms with Crippen LogP contribution < -0.4 is 11.5 Å². The van der Waals surface area contributed by atoms with Crippen molar-refractivity contribution >= 4 is 22.9 Å². The monoisotopic (exact) mass is 376 g/mol. The molecule has 0 spiro atoms. The predicted octanol–water partition coefficient (Wildman–Crippen LogP) is 2.72. The van der Waals surface area contributed by atoms with Crippen LogP contribution in [0.3, 0.4) is 0 Å². The molecular formula is C21H16N2O5. The van der Waals surface area contributed by atoms with Crippen molar-refractivity contribution in [3.63, 3.8) is 0 Å². The maximum atomic E-state index is 13.1. The van der Waals surface area contributed by atoms with Crippen LogP contribution in [0.4, 0.5) is 11.4 Å². The molecule has 1 aliphatic carbocycles. The Morgan fingerprint density at radius 2 is 1.32 bits per heavy atom. The van der Waals surface area contributed by atoms with Crippen LogP contribution in [0.2, 0.25) is 0 Å². The van der Waals surface area contributed by atoms with Gasteiger partial charge in [0.1, 0.15) is 17.2 Å². The van der Waals surface area contributed by atoms with E-state index in [1.807, 2.05) is 0 Å². The third-order valence-corrected chi connectivity index (χ3v) is 5.05. The quantitative estimate of drug-likeness (QED) is 0.253. The number of nitrogen functional groups attached to an aromatic ring is 2. The standard InChI is InChI=1S/C21H16N2O5/c1-8-13(9-2-4-10(24)5-3-9)19(26)17-16(18(8)23)21(28)15-12(25)7-6-11(22)14(15)20(17)27/h2-7,24-26H,22-23H2,1H3. The average Bonchev–Trinajstić information content (AvgIpc) is 2.66. The minimum Gasteiger partial charge on any atom is -0.508 e. The van der Waals surface area contributed by atoms with Crippen molar-refractivity contribution in [2.45, 2.75) is 6.92 Å². The Kier molecular flexibility index (Phi) is 3.58. The Morgan fingerprint density at radius 3 is 1.96 bits per heavy atom. The molecule has 7 nitrogen and oxygen atoms in total. The molecule has 0 amide bonds. The lowest BCUT2D eigenvalue weighted by atomic mass is 9.78. The van der Waals surface area contributed by atoms with Gasteiger partial charge in [-0.05, 0) is 42.3 Å². The minimum absolute atomic E-state index is 0.0153. The highest BCUT2D eigenvalue weighted by molar-refractivity contribution is 6.34. The van der Waals surface area contributed by atoms with E-state index < -0.39 is 17.3 Å². The highest BCUT2D eigenvalue weighted by Crippen LogP contribution is 2.47. The molecule has 0 unspecified atom stereocenters. The van der Waals surface area contributed by atoms with E-state index in [2.05, 4.69) is 0 Å². The first-order chi connectivity index (χ1) is 13.2. The van der Waals surface area contributed by atoms with Gasteiger partial charge in [-0.2, -0.15) is 0 Å². The molecule has 1 aliphatic rings. The molecule has 7 N–H and O–H groups in total. The largest absolute Gasteiger partial charge is 0.508 e. The van der Waals surface area contributed by atoms with Gasteiger partial charge in [-0.1, -0.05) is 12.1 Å². The summed E-state index contributed by atoms with van der Waals surface area (Å²) in [6.07, 6.45) is 0. The lowest BCUT2D eigenvalue weighted by Gasteiger charge is -2.25. The molecule has 0 saturated heterocycles. The van der Waals surface area contributed by atoms with Crippen LogP contribution in [0.25, 0.3) is 11.1 Å². The molecule has 0 radical (unpaired) electrons. The first-order valence-electron chi connectivity index (χ1n) is 8.39. The summed E-state index contributed by atoms with van der Waals surface area (Å²) in [6.45, 7) is 1.62. The molecular weight excluding hydrogens is 360 g/mol. The lowest BCUT2D eigenvalue weighted by molar-refractivity contribution is 0.0975. The zero-order chi connectivity index (χ0) is 20.3. The summed E-state index contributed by atoms with van der Waals surface area (Å²) < 4.78 is 0. The summed E-state index contributed by atoms with van der Waals surface area (Å²) in [6, 6.07) is 8.54. The van der Waals surface area contributed by atoms with E-state index in [0.717, 1.165) is 0 Å². The van der Waals surface area contributed by atoms with Gasteiger partial charge in [-0.3, -0.25) is 9.59 Å². The highest BCUT2D eigenvalue weighted by Gasteiger charge is 2.39. The fraction of sp³-hybridized carbons (Fsp3) is 0.0476. The summed E-state index contributed by atoms with van der Waals surface area (Å²) >= 11 is 0. The van der Waals surface area contributed by atoms with E-state index in [9.17, 15) is 24.9 Å². The molecule has 0 heterocycles. The van der Waals surface area contributed by atoms with Crippen LogP contribution in [-0.2, 0) is 0 Å². The number of rotatable bonds is 1. The number of hydrogen-bond acceptors (Lipinski definition) is 7. The lowest BCUT2D eigenvalue weighted by Crippen LogP contribution is -2.25. The van der Waals surface area contributed by atoms with Crippen LogP contribution in [0.15, 0.2) is 36.4 Å². The van der Waals surface area contributed by atoms with E-state index in [4.69, 9.17) is 11.5 Å². The molecule has 3 aromatic carbocycles. The van der Waals surface area contributed by atoms with Crippen molar-refractivity contribution in [2.75, 3.05) is 11.5 Å². The van der Waals surface area contributed by atoms with Gasteiger partial charge in [0.2, 0.25) is 11.6 Å². The smallest absolute Gasteiger partial charge is 0.200 e. The highest BCUT2D eigenvalue weighted by atomic mass is 16.3. The molecule has 0 bridgehead atoms. The zero-order valence-corrected chi connectivity index (χ0v) is 14.8. The molecule has 0 saturated carbocycles. The number of aromatic hydroxyl groups is 3. The number of hydrogen-bond donors (Lipinski definition) is 5. The van der Waals surface area contributed by atoms with Gasteiger partial charge < -0.3 is 26.8 Å². The van der Waals surface area contributed by atoms with Crippen LogP contribution in [0.1, 0.15) is 37.4 Å². The predicted molar refractivity (Wildman–Crippen MR) is 104 cm³/mol. The molecule has 7 heteroatoms. The van der Waals surface area contributed by atoms with E-state index in [1.165, 1.54) is 24.3 Å². The fourth-order valence-electron chi connectivity index (χ4n) is 3.65. The number of nitrogens with two attached hydrogens (primary N) is 2. The van der Waals surface area contributed by atoms with Crippen molar-refractivity contribution in [2.24, 2.45) is 0 Å². The number of carbonyl (C=O) groups excluding carboxylic acids is 2. The maximum Gasteiger partial charge on any atom is 0.200 e. The Hall–Kier alpha value is -4.00. The summed E-state index contributed by atoms with van der Waals surface area (Å²) in [5, 5.41) is 30.6. The number of carbonyl (C=O) groups is 2. The molecule has 140 valence electrons. The van der Waals surface area contributed by atoms with Crippen LogP contribution >= 0.6 is 0 Å². The normalized spacial score (nSPS) is 12.6. The van der Waals surface area contributed by atoms with Gasteiger partial charge in [-0.25, -0.2) is 0 Å². The third kappa shape index (κ3) is 2.16. The van der Waals surface area contributed by atoms with Crippen LogP contribution in [0.5, 0.6) is 17.2 Å². The Morgan fingerprint density at radius 1 is 0.714 bits per heavy atom. The molecule has 0 atom stereocenters. The van der Waals surface area contributed by atoms with Crippen molar-refractivity contribution in [1.82, 2.24) is 0 Å². The Balaban J connectivity index is 2.09. The second-order valence-corrected chi connectivity index (χ2v) is 6.64. The average molecular weight is 376 g/mol. The molecule has 0 aromatic heterocycles. The van der Waals surface area contributed by atoms with Crippen molar-refractivity contribution in [3.05, 3.63) is 64.2 Å². The number of phenols is 3. The first-order valence-corrected chi connectivity index (χ1v) is 8.39. The summed E-state index contributed by atoms with van der Waals surface area (Å²) in [5.74, 6) is -2.12. The maximum absolute atomic E-state index is 13.1. The second-order valence-electron chi connectivity index (χ2n) is 6.64. The number of phenolic OH excluding ortho intramolecular Hbond substituents is 3. The van der Waals surface area contributed by atoms with Crippen LogP contribution in [0, 0.1) is 6.92 Å². The van der Waals surface area contributed by atoms with Gasteiger partial charge in [0.15, 0.2) is 0 Å². The number of anilines is 2. The van der Waals surface area contributed by atoms with Gasteiger partial charge in [-0.15, -0.1) is 0 Å². The first kappa shape index (κ1) is 17.4. The van der Waals surface area contributed by atoms with Crippen LogP contribution in [-0.4, -0.2) is 26.9 Å². The van der Waals surface area contributed by atoms with Gasteiger partial charge >= 0.3 is 0 Å². The number of benzene rings is 3. The molecule has 3 aromatic rings. The van der Waals surface area contributed by atoms with Gasteiger partial charge in [0.05, 0.1) is 22.3 Å². The molecule has 0 fully saturated rings.